The minimum atomic E-state index is -0.719. The number of rotatable bonds is 2. The van der Waals surface area contributed by atoms with Crippen molar-refractivity contribution in [2.45, 2.75) is 12.8 Å². The van der Waals surface area contributed by atoms with Crippen molar-refractivity contribution in [3.8, 4) is 5.75 Å². The van der Waals surface area contributed by atoms with Crippen LogP contribution in [0.4, 0.5) is 0 Å². The van der Waals surface area contributed by atoms with E-state index < -0.39 is 5.97 Å². The lowest BCUT2D eigenvalue weighted by atomic mass is 10.1. The summed E-state index contributed by atoms with van der Waals surface area (Å²) in [6.07, 6.45) is 1.22. The van der Waals surface area contributed by atoms with Crippen molar-refractivity contribution in [3.63, 3.8) is 0 Å². The minimum Gasteiger partial charge on any atom is -0.496 e. The molecule has 0 amide bonds. The van der Waals surface area contributed by atoms with Crippen LogP contribution in [0.5, 0.6) is 5.75 Å². The SMILES string of the molecule is COc1cccc2c1C[C@@H](C(=O)O)C2. The van der Waals surface area contributed by atoms with Crippen molar-refractivity contribution in [2.75, 3.05) is 7.11 Å². The van der Waals surface area contributed by atoms with E-state index in [2.05, 4.69) is 0 Å². The van der Waals surface area contributed by atoms with Crippen LogP contribution in [0.3, 0.4) is 0 Å². The Kier molecular flexibility index (Phi) is 2.15. The van der Waals surface area contributed by atoms with Crippen molar-refractivity contribution < 1.29 is 14.6 Å². The summed E-state index contributed by atoms with van der Waals surface area (Å²) >= 11 is 0. The molecule has 0 heterocycles. The van der Waals surface area contributed by atoms with Crippen LogP contribution in [-0.2, 0) is 17.6 Å². The third-order valence-electron chi connectivity index (χ3n) is 2.72. The molecule has 0 saturated carbocycles. The highest BCUT2D eigenvalue weighted by atomic mass is 16.5. The Balaban J connectivity index is 2.34. The maximum absolute atomic E-state index is 10.8. The number of hydrogen-bond donors (Lipinski definition) is 1. The third-order valence-corrected chi connectivity index (χ3v) is 2.72. The van der Waals surface area contributed by atoms with Crippen LogP contribution < -0.4 is 4.74 Å². The number of ether oxygens (including phenoxy) is 1. The molecule has 0 radical (unpaired) electrons. The number of fused-ring (bicyclic) bond motifs is 1. The topological polar surface area (TPSA) is 46.5 Å². The predicted molar refractivity (Wildman–Crippen MR) is 51.5 cm³/mol. The van der Waals surface area contributed by atoms with Crippen molar-refractivity contribution in [1.29, 1.82) is 0 Å². The van der Waals surface area contributed by atoms with E-state index in [1.165, 1.54) is 0 Å². The molecule has 2 rings (SSSR count). The molecule has 1 atom stereocenters. The summed E-state index contributed by atoms with van der Waals surface area (Å²) in [6.45, 7) is 0. The van der Waals surface area contributed by atoms with Crippen LogP contribution in [0.2, 0.25) is 0 Å². The van der Waals surface area contributed by atoms with Crippen molar-refractivity contribution in [3.05, 3.63) is 29.3 Å². The molecule has 74 valence electrons. The first-order valence-electron chi connectivity index (χ1n) is 4.60. The lowest BCUT2D eigenvalue weighted by Gasteiger charge is -2.05. The van der Waals surface area contributed by atoms with Crippen LogP contribution in [-0.4, -0.2) is 18.2 Å². The maximum atomic E-state index is 10.8. The van der Waals surface area contributed by atoms with Gasteiger partial charge in [0, 0.05) is 0 Å². The van der Waals surface area contributed by atoms with E-state index in [0.717, 1.165) is 16.9 Å². The molecule has 14 heavy (non-hydrogen) atoms. The Morgan fingerprint density at radius 2 is 2.29 bits per heavy atom. The second-order valence-corrected chi connectivity index (χ2v) is 3.54. The van der Waals surface area contributed by atoms with Gasteiger partial charge in [0.25, 0.3) is 0 Å². The fourth-order valence-corrected chi connectivity index (χ4v) is 1.98. The van der Waals surface area contributed by atoms with Gasteiger partial charge in [-0.3, -0.25) is 4.79 Å². The van der Waals surface area contributed by atoms with Gasteiger partial charge in [-0.25, -0.2) is 0 Å². The van der Waals surface area contributed by atoms with E-state index in [-0.39, 0.29) is 5.92 Å². The molecule has 0 saturated heterocycles. The van der Waals surface area contributed by atoms with Gasteiger partial charge in [-0.2, -0.15) is 0 Å². The van der Waals surface area contributed by atoms with E-state index in [4.69, 9.17) is 9.84 Å². The lowest BCUT2D eigenvalue weighted by Crippen LogP contribution is -2.12. The first-order valence-corrected chi connectivity index (χ1v) is 4.60. The average molecular weight is 192 g/mol. The summed E-state index contributed by atoms with van der Waals surface area (Å²) < 4.78 is 5.19. The highest BCUT2D eigenvalue weighted by molar-refractivity contribution is 5.72. The first kappa shape index (κ1) is 9.06. The zero-order chi connectivity index (χ0) is 10.1. The molecule has 3 heteroatoms. The summed E-state index contributed by atoms with van der Waals surface area (Å²) in [5, 5.41) is 8.91. The highest BCUT2D eigenvalue weighted by Gasteiger charge is 2.28. The molecule has 0 aromatic heterocycles. The standard InChI is InChI=1S/C11H12O3/c1-14-10-4-2-3-7-5-8(11(12)13)6-9(7)10/h2-4,8H,5-6H2,1H3,(H,12,13)/t8-/m0/s1. The summed E-state index contributed by atoms with van der Waals surface area (Å²) in [5.41, 5.74) is 2.17. The Hall–Kier alpha value is -1.51. The Morgan fingerprint density at radius 3 is 2.93 bits per heavy atom. The van der Waals surface area contributed by atoms with Gasteiger partial charge in [0.15, 0.2) is 0 Å². The van der Waals surface area contributed by atoms with Crippen LogP contribution in [0, 0.1) is 5.92 Å². The smallest absolute Gasteiger partial charge is 0.307 e. The van der Waals surface area contributed by atoms with Gasteiger partial charge < -0.3 is 9.84 Å². The molecule has 1 aromatic carbocycles. The van der Waals surface area contributed by atoms with Gasteiger partial charge in [-0.1, -0.05) is 12.1 Å². The van der Waals surface area contributed by atoms with Gasteiger partial charge in [-0.05, 0) is 30.0 Å². The number of benzene rings is 1. The van der Waals surface area contributed by atoms with E-state index in [9.17, 15) is 4.79 Å². The van der Waals surface area contributed by atoms with Crippen molar-refractivity contribution in [2.24, 2.45) is 5.92 Å². The zero-order valence-electron chi connectivity index (χ0n) is 7.99. The number of carbonyl (C=O) groups is 1. The maximum Gasteiger partial charge on any atom is 0.307 e. The van der Waals surface area contributed by atoms with Gasteiger partial charge in [0.2, 0.25) is 0 Å². The number of carboxylic acids is 1. The quantitative estimate of drug-likeness (QED) is 0.772. The second-order valence-electron chi connectivity index (χ2n) is 3.54. The molecular formula is C11H12O3. The number of aliphatic carboxylic acids is 1. The predicted octanol–water partition coefficient (Wildman–Crippen LogP) is 1.49. The highest BCUT2D eigenvalue weighted by Crippen LogP contribution is 2.33. The molecule has 1 N–H and O–H groups in total. The van der Waals surface area contributed by atoms with Crippen LogP contribution in [0.1, 0.15) is 11.1 Å². The fourth-order valence-electron chi connectivity index (χ4n) is 1.98. The van der Waals surface area contributed by atoms with E-state index >= 15 is 0 Å². The van der Waals surface area contributed by atoms with E-state index in [1.54, 1.807) is 7.11 Å². The number of carboxylic acid groups (broad SMARTS) is 1. The van der Waals surface area contributed by atoms with E-state index in [0.29, 0.717) is 12.8 Å². The molecule has 3 nitrogen and oxygen atoms in total. The third kappa shape index (κ3) is 1.35. The first-order chi connectivity index (χ1) is 6.72. The molecule has 0 unspecified atom stereocenters. The molecule has 0 fully saturated rings. The summed E-state index contributed by atoms with van der Waals surface area (Å²) in [6, 6.07) is 5.76. The fraction of sp³-hybridized carbons (Fsp3) is 0.364. The Morgan fingerprint density at radius 1 is 1.50 bits per heavy atom. The zero-order valence-corrected chi connectivity index (χ0v) is 7.99. The molecular weight excluding hydrogens is 180 g/mol. The number of methoxy groups -OCH3 is 1. The number of hydrogen-bond acceptors (Lipinski definition) is 2. The Labute approximate surface area is 82.3 Å². The van der Waals surface area contributed by atoms with Gasteiger partial charge in [-0.15, -0.1) is 0 Å². The normalized spacial score (nSPS) is 19.1. The van der Waals surface area contributed by atoms with Gasteiger partial charge in [0.1, 0.15) is 5.75 Å². The monoisotopic (exact) mass is 192 g/mol. The molecule has 1 aliphatic rings. The second kappa shape index (κ2) is 3.33. The molecule has 1 aromatic rings. The lowest BCUT2D eigenvalue weighted by molar-refractivity contribution is -0.141. The van der Waals surface area contributed by atoms with Crippen molar-refractivity contribution >= 4 is 5.97 Å². The summed E-state index contributed by atoms with van der Waals surface area (Å²) in [5.74, 6) is -0.184. The van der Waals surface area contributed by atoms with Gasteiger partial charge in [0.05, 0.1) is 13.0 Å². The molecule has 0 aliphatic heterocycles. The minimum absolute atomic E-state index is 0.277. The molecule has 1 aliphatic carbocycles. The average Bonchev–Trinajstić information content (AvgIpc) is 2.60. The summed E-state index contributed by atoms with van der Waals surface area (Å²) in [4.78, 5) is 10.8. The summed E-state index contributed by atoms with van der Waals surface area (Å²) in [7, 11) is 1.61. The Bertz CT molecular complexity index is 371. The van der Waals surface area contributed by atoms with Crippen LogP contribution in [0.25, 0.3) is 0 Å². The van der Waals surface area contributed by atoms with Crippen LogP contribution >= 0.6 is 0 Å². The van der Waals surface area contributed by atoms with Crippen molar-refractivity contribution in [1.82, 2.24) is 0 Å². The van der Waals surface area contributed by atoms with Gasteiger partial charge >= 0.3 is 5.97 Å². The largest absolute Gasteiger partial charge is 0.496 e. The van der Waals surface area contributed by atoms with E-state index in [1.807, 2.05) is 18.2 Å². The molecule has 0 bridgehead atoms. The van der Waals surface area contributed by atoms with Crippen LogP contribution in [0.15, 0.2) is 18.2 Å². The molecule has 0 spiro atoms.